The van der Waals surface area contributed by atoms with Crippen molar-refractivity contribution < 1.29 is 13.2 Å². The highest BCUT2D eigenvalue weighted by Gasteiger charge is 2.30. The number of benzene rings is 1. The van der Waals surface area contributed by atoms with Crippen molar-refractivity contribution in [1.29, 1.82) is 0 Å². The molecular weight excluding hydrogens is 408 g/mol. The third-order valence-corrected chi connectivity index (χ3v) is 6.35. The Morgan fingerprint density at radius 3 is 2.44 bits per heavy atom. The minimum Gasteiger partial charge on any atom is -0.335 e. The standard InChI is InChI=1S/C16H17BrN4O3S/c1-12-10-19-15(11-18-12)16(22)20-5-7-21(8-6-20)25(23,24)14-4-2-3-13(17)9-14/h2-4,9-11H,5-8H2,1H3. The minimum absolute atomic E-state index is 0.230. The van der Waals surface area contributed by atoms with Crippen LogP contribution in [0.1, 0.15) is 16.2 Å². The van der Waals surface area contributed by atoms with E-state index in [0.717, 1.165) is 5.69 Å². The summed E-state index contributed by atoms with van der Waals surface area (Å²) in [5.41, 5.74) is 1.01. The molecule has 0 unspecified atom stereocenters. The molecule has 25 heavy (non-hydrogen) atoms. The number of rotatable bonds is 3. The van der Waals surface area contributed by atoms with E-state index in [1.807, 2.05) is 0 Å². The fourth-order valence-electron chi connectivity index (χ4n) is 2.57. The van der Waals surface area contributed by atoms with Gasteiger partial charge in [0.1, 0.15) is 5.69 Å². The van der Waals surface area contributed by atoms with Gasteiger partial charge in [-0.15, -0.1) is 0 Å². The van der Waals surface area contributed by atoms with Crippen LogP contribution in [0.3, 0.4) is 0 Å². The van der Waals surface area contributed by atoms with E-state index in [-0.39, 0.29) is 29.6 Å². The highest BCUT2D eigenvalue weighted by Crippen LogP contribution is 2.21. The van der Waals surface area contributed by atoms with Gasteiger partial charge in [0, 0.05) is 36.8 Å². The number of hydrogen-bond acceptors (Lipinski definition) is 5. The van der Waals surface area contributed by atoms with Gasteiger partial charge in [0.2, 0.25) is 10.0 Å². The lowest BCUT2D eigenvalue weighted by atomic mass is 10.3. The van der Waals surface area contributed by atoms with Gasteiger partial charge in [-0.1, -0.05) is 22.0 Å². The normalized spacial score (nSPS) is 16.0. The van der Waals surface area contributed by atoms with Crippen LogP contribution in [0.2, 0.25) is 0 Å². The van der Waals surface area contributed by atoms with Crippen LogP contribution in [0.4, 0.5) is 0 Å². The van der Waals surface area contributed by atoms with Gasteiger partial charge in [-0.3, -0.25) is 9.78 Å². The molecule has 1 aromatic heterocycles. The molecule has 0 atom stereocenters. The monoisotopic (exact) mass is 424 g/mol. The van der Waals surface area contributed by atoms with Crippen molar-refractivity contribution in [2.24, 2.45) is 0 Å². The maximum absolute atomic E-state index is 12.7. The first-order valence-electron chi connectivity index (χ1n) is 7.71. The van der Waals surface area contributed by atoms with Gasteiger partial charge in [0.15, 0.2) is 0 Å². The lowest BCUT2D eigenvalue weighted by Gasteiger charge is -2.33. The van der Waals surface area contributed by atoms with E-state index in [4.69, 9.17) is 0 Å². The molecule has 0 N–H and O–H groups in total. The molecule has 0 spiro atoms. The van der Waals surface area contributed by atoms with Crippen molar-refractivity contribution in [3.63, 3.8) is 0 Å². The molecule has 132 valence electrons. The first-order chi connectivity index (χ1) is 11.9. The summed E-state index contributed by atoms with van der Waals surface area (Å²) >= 11 is 3.29. The molecule has 3 rings (SSSR count). The number of amides is 1. The van der Waals surface area contributed by atoms with Crippen LogP contribution in [-0.4, -0.2) is 59.7 Å². The Hall–Kier alpha value is -1.84. The molecule has 2 heterocycles. The lowest BCUT2D eigenvalue weighted by molar-refractivity contribution is 0.0691. The van der Waals surface area contributed by atoms with Gasteiger partial charge in [-0.2, -0.15) is 4.31 Å². The summed E-state index contributed by atoms with van der Waals surface area (Å²) in [4.78, 5) is 22.4. The summed E-state index contributed by atoms with van der Waals surface area (Å²) in [6.07, 6.45) is 2.99. The topological polar surface area (TPSA) is 83.5 Å². The van der Waals surface area contributed by atoms with Crippen molar-refractivity contribution in [1.82, 2.24) is 19.2 Å². The number of nitrogens with zero attached hydrogens (tertiary/aromatic N) is 4. The number of halogens is 1. The average molecular weight is 425 g/mol. The third-order valence-electron chi connectivity index (χ3n) is 3.96. The minimum atomic E-state index is -3.57. The second-order valence-electron chi connectivity index (χ2n) is 5.70. The molecular formula is C16H17BrN4O3S. The zero-order chi connectivity index (χ0) is 18.0. The molecule has 2 aromatic rings. The predicted molar refractivity (Wildman–Crippen MR) is 95.6 cm³/mol. The van der Waals surface area contributed by atoms with Crippen molar-refractivity contribution in [2.45, 2.75) is 11.8 Å². The van der Waals surface area contributed by atoms with Crippen molar-refractivity contribution in [3.05, 3.63) is 52.5 Å². The van der Waals surface area contributed by atoms with Crippen LogP contribution in [0, 0.1) is 6.92 Å². The molecule has 1 amide bonds. The van der Waals surface area contributed by atoms with Crippen molar-refractivity contribution in [3.8, 4) is 0 Å². The van der Waals surface area contributed by atoms with Crippen LogP contribution in [0.5, 0.6) is 0 Å². The lowest BCUT2D eigenvalue weighted by Crippen LogP contribution is -2.50. The Bertz CT molecular complexity index is 879. The summed E-state index contributed by atoms with van der Waals surface area (Å²) in [6.45, 7) is 2.94. The van der Waals surface area contributed by atoms with Crippen LogP contribution >= 0.6 is 15.9 Å². The number of sulfonamides is 1. The Labute approximate surface area is 154 Å². The largest absolute Gasteiger partial charge is 0.335 e. The Kier molecular flexibility index (Phi) is 5.16. The molecule has 1 aliphatic rings. The molecule has 1 fully saturated rings. The summed E-state index contributed by atoms with van der Waals surface area (Å²) < 4.78 is 27.5. The second-order valence-corrected chi connectivity index (χ2v) is 8.55. The molecule has 9 heteroatoms. The van der Waals surface area contributed by atoms with Gasteiger partial charge in [0.25, 0.3) is 5.91 Å². The van der Waals surface area contributed by atoms with E-state index in [0.29, 0.717) is 17.6 Å². The Balaban J connectivity index is 1.69. The highest BCUT2D eigenvalue weighted by molar-refractivity contribution is 9.10. The summed E-state index contributed by atoms with van der Waals surface area (Å²) in [5.74, 6) is -0.230. The number of hydrogen-bond donors (Lipinski definition) is 0. The summed E-state index contributed by atoms with van der Waals surface area (Å²) in [7, 11) is -3.57. The summed E-state index contributed by atoms with van der Waals surface area (Å²) in [6, 6.07) is 6.61. The zero-order valence-corrected chi connectivity index (χ0v) is 16.0. The van der Waals surface area contributed by atoms with Crippen molar-refractivity contribution in [2.75, 3.05) is 26.2 Å². The maximum atomic E-state index is 12.7. The zero-order valence-electron chi connectivity index (χ0n) is 13.6. The molecule has 1 aliphatic heterocycles. The molecule has 7 nitrogen and oxygen atoms in total. The molecule has 1 aromatic carbocycles. The predicted octanol–water partition coefficient (Wildman–Crippen LogP) is 1.69. The number of aryl methyl sites for hydroxylation is 1. The number of piperazine rings is 1. The maximum Gasteiger partial charge on any atom is 0.274 e. The van der Waals surface area contributed by atoms with Gasteiger partial charge in [-0.25, -0.2) is 13.4 Å². The first kappa shape index (κ1) is 18.0. The summed E-state index contributed by atoms with van der Waals surface area (Å²) in [5, 5.41) is 0. The quantitative estimate of drug-likeness (QED) is 0.748. The van der Waals surface area contributed by atoms with E-state index < -0.39 is 10.0 Å². The Morgan fingerprint density at radius 1 is 1.12 bits per heavy atom. The van der Waals surface area contributed by atoms with Gasteiger partial charge in [0.05, 0.1) is 16.8 Å². The van der Waals surface area contributed by atoms with Gasteiger partial charge < -0.3 is 4.90 Å². The Morgan fingerprint density at radius 2 is 1.84 bits per heavy atom. The van der Waals surface area contributed by atoms with Gasteiger partial charge in [-0.05, 0) is 25.1 Å². The van der Waals surface area contributed by atoms with Crippen LogP contribution in [-0.2, 0) is 10.0 Å². The smallest absolute Gasteiger partial charge is 0.274 e. The average Bonchev–Trinajstić information content (AvgIpc) is 2.62. The first-order valence-corrected chi connectivity index (χ1v) is 9.95. The number of carbonyl (C=O) groups excluding carboxylic acids is 1. The van der Waals surface area contributed by atoms with E-state index in [1.165, 1.54) is 10.5 Å². The number of aromatic nitrogens is 2. The van der Waals surface area contributed by atoms with E-state index >= 15 is 0 Å². The second kappa shape index (κ2) is 7.19. The van der Waals surface area contributed by atoms with Crippen LogP contribution in [0.25, 0.3) is 0 Å². The third kappa shape index (κ3) is 3.88. The fraction of sp³-hybridized carbons (Fsp3) is 0.312. The van der Waals surface area contributed by atoms with Crippen LogP contribution < -0.4 is 0 Å². The molecule has 0 saturated carbocycles. The van der Waals surface area contributed by atoms with E-state index in [1.54, 1.807) is 42.3 Å². The van der Waals surface area contributed by atoms with Crippen molar-refractivity contribution >= 4 is 31.9 Å². The SMILES string of the molecule is Cc1cnc(C(=O)N2CCN(S(=O)(=O)c3cccc(Br)c3)CC2)cn1. The highest BCUT2D eigenvalue weighted by atomic mass is 79.9. The molecule has 1 saturated heterocycles. The van der Waals surface area contributed by atoms with E-state index in [9.17, 15) is 13.2 Å². The molecule has 0 radical (unpaired) electrons. The van der Waals surface area contributed by atoms with Crippen LogP contribution in [0.15, 0.2) is 46.0 Å². The molecule has 0 aliphatic carbocycles. The number of carbonyl (C=O) groups is 1. The fourth-order valence-corrected chi connectivity index (χ4v) is 4.59. The van der Waals surface area contributed by atoms with Gasteiger partial charge >= 0.3 is 0 Å². The van der Waals surface area contributed by atoms with E-state index in [2.05, 4.69) is 25.9 Å². The molecule has 0 bridgehead atoms.